The van der Waals surface area contributed by atoms with Gasteiger partial charge in [-0.25, -0.2) is 0 Å². The summed E-state index contributed by atoms with van der Waals surface area (Å²) in [5.41, 5.74) is 8.39. The number of H-pyrrole nitrogens is 1. The largest absolute Gasteiger partial charge is 0.361 e. The molecule has 2 aromatic rings. The first-order valence-electron chi connectivity index (χ1n) is 4.75. The molecule has 3 heteroatoms. The highest BCUT2D eigenvalue weighted by atomic mass is 32.1. The zero-order chi connectivity index (χ0) is 9.97. The molecule has 1 atom stereocenters. The van der Waals surface area contributed by atoms with Crippen molar-refractivity contribution in [2.45, 2.75) is 12.5 Å². The normalized spacial score (nSPS) is 13.3. The number of hydrogen-bond donors (Lipinski definition) is 3. The quantitative estimate of drug-likeness (QED) is 0.664. The van der Waals surface area contributed by atoms with Crippen molar-refractivity contribution in [1.82, 2.24) is 4.98 Å². The van der Waals surface area contributed by atoms with E-state index in [0.717, 1.165) is 17.7 Å². The summed E-state index contributed by atoms with van der Waals surface area (Å²) in [5, 5.41) is 1.22. The van der Waals surface area contributed by atoms with Crippen LogP contribution in [0.4, 0.5) is 0 Å². The molecule has 1 heterocycles. The van der Waals surface area contributed by atoms with Gasteiger partial charge >= 0.3 is 0 Å². The molecule has 0 bridgehead atoms. The molecule has 0 aliphatic rings. The van der Waals surface area contributed by atoms with Crippen molar-refractivity contribution < 1.29 is 0 Å². The molecule has 0 spiro atoms. The summed E-state index contributed by atoms with van der Waals surface area (Å²) in [7, 11) is 0. The number of rotatable bonds is 3. The van der Waals surface area contributed by atoms with Gasteiger partial charge in [-0.2, -0.15) is 12.6 Å². The lowest BCUT2D eigenvalue weighted by Crippen LogP contribution is -2.09. The Balaban J connectivity index is 2.42. The molecule has 0 radical (unpaired) electrons. The molecule has 2 rings (SSSR count). The van der Waals surface area contributed by atoms with Crippen LogP contribution in [0.5, 0.6) is 0 Å². The fraction of sp³-hybridized carbons (Fsp3) is 0.273. The first-order chi connectivity index (χ1) is 6.83. The second-order valence-corrected chi connectivity index (χ2v) is 3.86. The third kappa shape index (κ3) is 1.65. The van der Waals surface area contributed by atoms with Gasteiger partial charge in [0, 0.05) is 23.1 Å². The van der Waals surface area contributed by atoms with Crippen LogP contribution in [0, 0.1) is 0 Å². The van der Waals surface area contributed by atoms with Crippen molar-refractivity contribution in [3.05, 3.63) is 36.0 Å². The minimum Gasteiger partial charge on any atom is -0.361 e. The van der Waals surface area contributed by atoms with Crippen molar-refractivity contribution in [2.75, 3.05) is 5.75 Å². The first kappa shape index (κ1) is 9.62. The number of aromatic amines is 1. The second kappa shape index (κ2) is 4.07. The van der Waals surface area contributed by atoms with Crippen molar-refractivity contribution in [3.63, 3.8) is 0 Å². The van der Waals surface area contributed by atoms with Crippen LogP contribution >= 0.6 is 12.6 Å². The molecule has 1 unspecified atom stereocenters. The van der Waals surface area contributed by atoms with Gasteiger partial charge < -0.3 is 10.7 Å². The Kier molecular flexibility index (Phi) is 2.79. The Morgan fingerprint density at radius 3 is 2.93 bits per heavy atom. The van der Waals surface area contributed by atoms with Crippen LogP contribution in [0.15, 0.2) is 30.5 Å². The van der Waals surface area contributed by atoms with E-state index in [-0.39, 0.29) is 6.04 Å². The van der Waals surface area contributed by atoms with Crippen molar-refractivity contribution >= 4 is 23.5 Å². The Bertz CT molecular complexity index is 422. The van der Waals surface area contributed by atoms with Crippen LogP contribution in [0.25, 0.3) is 10.9 Å². The molecule has 0 fully saturated rings. The van der Waals surface area contributed by atoms with E-state index in [1.165, 1.54) is 10.9 Å². The molecule has 0 aliphatic carbocycles. The topological polar surface area (TPSA) is 41.8 Å². The molecule has 14 heavy (non-hydrogen) atoms. The second-order valence-electron chi connectivity index (χ2n) is 3.41. The molecule has 3 N–H and O–H groups in total. The average Bonchev–Trinajstić information content (AvgIpc) is 2.61. The Morgan fingerprint density at radius 2 is 2.14 bits per heavy atom. The van der Waals surface area contributed by atoms with Gasteiger partial charge in [0.1, 0.15) is 0 Å². The van der Waals surface area contributed by atoms with Gasteiger partial charge in [0.2, 0.25) is 0 Å². The molecule has 2 nitrogen and oxygen atoms in total. The zero-order valence-electron chi connectivity index (χ0n) is 7.90. The molecule has 1 aromatic carbocycles. The van der Waals surface area contributed by atoms with Crippen LogP contribution in [0.3, 0.4) is 0 Å². The van der Waals surface area contributed by atoms with Crippen molar-refractivity contribution in [1.29, 1.82) is 0 Å². The molecule has 0 amide bonds. The highest BCUT2D eigenvalue weighted by Gasteiger charge is 2.09. The molecular weight excluding hydrogens is 192 g/mol. The Hall–Kier alpha value is -0.930. The maximum Gasteiger partial charge on any atom is 0.0457 e. The third-order valence-corrected chi connectivity index (χ3v) is 2.72. The van der Waals surface area contributed by atoms with E-state index in [1.807, 2.05) is 18.3 Å². The monoisotopic (exact) mass is 206 g/mol. The highest BCUT2D eigenvalue weighted by Crippen LogP contribution is 2.24. The highest BCUT2D eigenvalue weighted by molar-refractivity contribution is 7.80. The van der Waals surface area contributed by atoms with E-state index in [1.54, 1.807) is 0 Å². The van der Waals surface area contributed by atoms with Crippen LogP contribution < -0.4 is 5.73 Å². The van der Waals surface area contributed by atoms with Crippen molar-refractivity contribution in [3.8, 4) is 0 Å². The summed E-state index contributed by atoms with van der Waals surface area (Å²) in [6.45, 7) is 0. The van der Waals surface area contributed by atoms with Gasteiger partial charge in [-0.05, 0) is 23.8 Å². The number of nitrogens with two attached hydrogens (primary N) is 1. The lowest BCUT2D eigenvalue weighted by molar-refractivity contribution is 0.712. The number of fused-ring (bicyclic) bond motifs is 1. The molecular formula is C11H14N2S. The van der Waals surface area contributed by atoms with Crippen LogP contribution in [-0.2, 0) is 0 Å². The van der Waals surface area contributed by atoms with Crippen LogP contribution in [0.2, 0.25) is 0 Å². The van der Waals surface area contributed by atoms with E-state index >= 15 is 0 Å². The average molecular weight is 206 g/mol. The van der Waals surface area contributed by atoms with Gasteiger partial charge in [0.25, 0.3) is 0 Å². The lowest BCUT2D eigenvalue weighted by atomic mass is 10.0. The summed E-state index contributed by atoms with van der Waals surface area (Å²) >= 11 is 4.20. The molecule has 0 saturated carbocycles. The minimum absolute atomic E-state index is 0.0867. The third-order valence-electron chi connectivity index (χ3n) is 2.46. The standard InChI is InChI=1S/C11H14N2S/c12-10(5-6-14)9-7-13-11-4-2-1-3-8(9)11/h1-4,7,10,13-14H,5-6,12H2. The molecule has 0 aliphatic heterocycles. The summed E-state index contributed by atoms with van der Waals surface area (Å²) in [5.74, 6) is 0.820. The van der Waals surface area contributed by atoms with Gasteiger partial charge in [-0.15, -0.1) is 0 Å². The predicted molar refractivity (Wildman–Crippen MR) is 63.7 cm³/mol. The van der Waals surface area contributed by atoms with Crippen molar-refractivity contribution in [2.24, 2.45) is 5.73 Å². The smallest absolute Gasteiger partial charge is 0.0457 e. The molecule has 74 valence electrons. The number of nitrogens with one attached hydrogen (secondary N) is 1. The number of thiol groups is 1. The molecule has 1 aromatic heterocycles. The predicted octanol–water partition coefficient (Wildman–Crippen LogP) is 2.49. The van der Waals surface area contributed by atoms with E-state index in [0.29, 0.717) is 0 Å². The van der Waals surface area contributed by atoms with Gasteiger partial charge in [-0.3, -0.25) is 0 Å². The first-order valence-corrected chi connectivity index (χ1v) is 5.38. The Labute approximate surface area is 88.9 Å². The van der Waals surface area contributed by atoms with Gasteiger partial charge in [0.05, 0.1) is 0 Å². The fourth-order valence-corrected chi connectivity index (χ4v) is 1.97. The number of hydrogen-bond acceptors (Lipinski definition) is 2. The van der Waals surface area contributed by atoms with E-state index < -0.39 is 0 Å². The maximum absolute atomic E-state index is 6.05. The number of para-hydroxylation sites is 1. The summed E-state index contributed by atoms with van der Waals surface area (Å²) in [4.78, 5) is 3.22. The summed E-state index contributed by atoms with van der Waals surface area (Å²) in [6, 6.07) is 8.30. The van der Waals surface area contributed by atoms with Crippen LogP contribution in [-0.4, -0.2) is 10.7 Å². The summed E-state index contributed by atoms with van der Waals surface area (Å²) in [6.07, 6.45) is 2.91. The van der Waals surface area contributed by atoms with E-state index in [9.17, 15) is 0 Å². The molecule has 0 saturated heterocycles. The Morgan fingerprint density at radius 1 is 1.36 bits per heavy atom. The minimum atomic E-state index is 0.0867. The fourth-order valence-electron chi connectivity index (χ4n) is 1.70. The van der Waals surface area contributed by atoms with Gasteiger partial charge in [-0.1, -0.05) is 18.2 Å². The van der Waals surface area contributed by atoms with Gasteiger partial charge in [0.15, 0.2) is 0 Å². The lowest BCUT2D eigenvalue weighted by Gasteiger charge is -2.08. The van der Waals surface area contributed by atoms with E-state index in [2.05, 4.69) is 29.7 Å². The maximum atomic E-state index is 6.05. The summed E-state index contributed by atoms with van der Waals surface area (Å²) < 4.78 is 0. The van der Waals surface area contributed by atoms with E-state index in [4.69, 9.17) is 5.73 Å². The number of aromatic nitrogens is 1. The number of benzene rings is 1. The SMILES string of the molecule is NC(CCS)c1c[nH]c2ccccc12. The zero-order valence-corrected chi connectivity index (χ0v) is 8.80. The van der Waals surface area contributed by atoms with Crippen LogP contribution in [0.1, 0.15) is 18.0 Å².